The van der Waals surface area contributed by atoms with Crippen molar-refractivity contribution >= 4 is 0 Å². The molecular formula is C21H25N5O2. The second-order valence-electron chi connectivity index (χ2n) is 7.13. The molecule has 1 aliphatic rings. The minimum Gasteiger partial charge on any atom is -0.497 e. The number of nitrogens with zero attached hydrogens (tertiary/aromatic N) is 5. The van der Waals surface area contributed by atoms with Crippen LogP contribution < -0.4 is 9.47 Å². The number of ether oxygens (including phenoxy) is 2. The Kier molecular flexibility index (Phi) is 5.53. The number of imidazole rings is 1. The highest BCUT2D eigenvalue weighted by Crippen LogP contribution is 2.29. The summed E-state index contributed by atoms with van der Waals surface area (Å²) in [5, 5.41) is 0. The molecule has 1 atom stereocenters. The van der Waals surface area contributed by atoms with E-state index in [-0.39, 0.29) is 0 Å². The number of methoxy groups -OCH3 is 1. The molecule has 1 aromatic carbocycles. The lowest BCUT2D eigenvalue weighted by molar-refractivity contribution is 0.194. The van der Waals surface area contributed by atoms with Crippen LogP contribution in [0.5, 0.6) is 17.4 Å². The average molecular weight is 379 g/mol. The lowest BCUT2D eigenvalue weighted by atomic mass is 9.95. The van der Waals surface area contributed by atoms with Crippen molar-refractivity contribution in [3.8, 4) is 17.4 Å². The minimum absolute atomic E-state index is 0.350. The van der Waals surface area contributed by atoms with Crippen LogP contribution in [-0.2, 0) is 13.6 Å². The van der Waals surface area contributed by atoms with Gasteiger partial charge in [-0.05, 0) is 31.5 Å². The van der Waals surface area contributed by atoms with Crippen molar-refractivity contribution in [3.63, 3.8) is 0 Å². The van der Waals surface area contributed by atoms with E-state index in [4.69, 9.17) is 14.5 Å². The fraction of sp³-hybridized carbons (Fsp3) is 0.381. The summed E-state index contributed by atoms with van der Waals surface area (Å²) in [4.78, 5) is 15.8. The van der Waals surface area contributed by atoms with Gasteiger partial charge in [0.15, 0.2) is 0 Å². The van der Waals surface area contributed by atoms with Crippen molar-refractivity contribution in [1.29, 1.82) is 0 Å². The van der Waals surface area contributed by atoms with E-state index in [1.165, 1.54) is 5.69 Å². The number of rotatable bonds is 6. The van der Waals surface area contributed by atoms with Gasteiger partial charge in [-0.15, -0.1) is 0 Å². The number of benzene rings is 1. The third-order valence-electron chi connectivity index (χ3n) is 5.12. The Morgan fingerprint density at radius 2 is 2.04 bits per heavy atom. The highest BCUT2D eigenvalue weighted by atomic mass is 16.5. The molecule has 0 spiro atoms. The van der Waals surface area contributed by atoms with Gasteiger partial charge in [0.2, 0.25) is 5.88 Å². The molecule has 7 heteroatoms. The monoisotopic (exact) mass is 379 g/mol. The first kappa shape index (κ1) is 18.4. The molecule has 0 N–H and O–H groups in total. The van der Waals surface area contributed by atoms with Gasteiger partial charge in [-0.1, -0.05) is 6.07 Å². The number of aryl methyl sites for hydroxylation is 1. The highest BCUT2D eigenvalue weighted by Gasteiger charge is 2.23. The molecule has 146 valence electrons. The van der Waals surface area contributed by atoms with E-state index in [1.807, 2.05) is 50.0 Å². The Morgan fingerprint density at radius 3 is 2.86 bits per heavy atom. The van der Waals surface area contributed by atoms with Gasteiger partial charge in [-0.25, -0.2) is 9.97 Å². The number of hydrogen-bond acceptors (Lipinski definition) is 6. The molecule has 0 amide bonds. The van der Waals surface area contributed by atoms with Crippen molar-refractivity contribution in [2.45, 2.75) is 25.3 Å². The van der Waals surface area contributed by atoms with E-state index >= 15 is 0 Å². The van der Waals surface area contributed by atoms with Crippen LogP contribution in [0.2, 0.25) is 0 Å². The Hall–Kier alpha value is -2.93. The zero-order valence-corrected chi connectivity index (χ0v) is 16.3. The Morgan fingerprint density at radius 1 is 1.14 bits per heavy atom. The first-order chi connectivity index (χ1) is 13.7. The maximum atomic E-state index is 5.90. The Balaban J connectivity index is 1.45. The largest absolute Gasteiger partial charge is 0.497 e. The van der Waals surface area contributed by atoms with Crippen LogP contribution in [0.25, 0.3) is 0 Å². The standard InChI is InChI=1S/C21H25N5O2/c1-25-15-23-10-17(25)14-26-8-4-5-16(13-26)20-11-22-12-21(24-20)28-19-7-3-6-18(9-19)27-2/h3,6-7,9-12,15-16H,4-5,8,13-14H2,1-2H3/t16-/m1/s1. The molecule has 0 unspecified atom stereocenters. The molecule has 0 bridgehead atoms. The predicted octanol–water partition coefficient (Wildman–Crippen LogP) is 3.39. The van der Waals surface area contributed by atoms with Crippen LogP contribution in [-0.4, -0.2) is 44.6 Å². The quantitative estimate of drug-likeness (QED) is 0.654. The zero-order valence-electron chi connectivity index (χ0n) is 16.3. The summed E-state index contributed by atoms with van der Waals surface area (Å²) in [6.07, 6.45) is 9.55. The summed E-state index contributed by atoms with van der Waals surface area (Å²) in [5.74, 6) is 2.30. The van der Waals surface area contributed by atoms with Crippen LogP contribution in [0.4, 0.5) is 0 Å². The minimum atomic E-state index is 0.350. The summed E-state index contributed by atoms with van der Waals surface area (Å²) < 4.78 is 13.2. The van der Waals surface area contributed by atoms with E-state index in [0.717, 1.165) is 43.9 Å². The second kappa shape index (κ2) is 8.39. The van der Waals surface area contributed by atoms with Crippen LogP contribution in [0.3, 0.4) is 0 Å². The molecule has 1 aliphatic heterocycles. The molecule has 7 nitrogen and oxygen atoms in total. The number of likely N-dealkylation sites (tertiary alicyclic amines) is 1. The fourth-order valence-corrected chi connectivity index (χ4v) is 3.60. The Bertz CT molecular complexity index is 926. The fourth-order valence-electron chi connectivity index (χ4n) is 3.60. The molecule has 1 fully saturated rings. The molecule has 2 aromatic heterocycles. The normalized spacial score (nSPS) is 17.4. The zero-order chi connectivity index (χ0) is 19.3. The van der Waals surface area contributed by atoms with Crippen LogP contribution in [0.1, 0.15) is 30.1 Å². The number of piperidine rings is 1. The first-order valence-corrected chi connectivity index (χ1v) is 9.52. The molecule has 3 heterocycles. The second-order valence-corrected chi connectivity index (χ2v) is 7.13. The van der Waals surface area contributed by atoms with Gasteiger partial charge in [0.25, 0.3) is 0 Å². The van der Waals surface area contributed by atoms with E-state index in [9.17, 15) is 0 Å². The lowest BCUT2D eigenvalue weighted by Crippen LogP contribution is -2.34. The molecule has 3 aromatic rings. The van der Waals surface area contributed by atoms with Gasteiger partial charge in [0.1, 0.15) is 11.5 Å². The molecule has 28 heavy (non-hydrogen) atoms. The van der Waals surface area contributed by atoms with Crippen molar-refractivity contribution in [3.05, 3.63) is 60.6 Å². The SMILES string of the molecule is COc1cccc(Oc2cncc([C@@H]3CCCN(Cc4cncn4C)C3)n2)c1. The van der Waals surface area contributed by atoms with Gasteiger partial charge < -0.3 is 14.0 Å². The molecule has 4 rings (SSSR count). The van der Waals surface area contributed by atoms with Crippen molar-refractivity contribution in [2.24, 2.45) is 7.05 Å². The van der Waals surface area contributed by atoms with Crippen LogP contribution in [0.15, 0.2) is 49.2 Å². The van der Waals surface area contributed by atoms with E-state index in [0.29, 0.717) is 17.5 Å². The topological polar surface area (TPSA) is 65.3 Å². The summed E-state index contributed by atoms with van der Waals surface area (Å²) in [6.45, 7) is 2.96. The van der Waals surface area contributed by atoms with Gasteiger partial charge in [0.05, 0.1) is 31.0 Å². The third kappa shape index (κ3) is 4.31. The lowest BCUT2D eigenvalue weighted by Gasteiger charge is -2.32. The summed E-state index contributed by atoms with van der Waals surface area (Å²) in [5.41, 5.74) is 2.21. The predicted molar refractivity (Wildman–Crippen MR) is 106 cm³/mol. The van der Waals surface area contributed by atoms with E-state index in [1.54, 1.807) is 13.3 Å². The highest BCUT2D eigenvalue weighted by molar-refractivity contribution is 5.35. The molecule has 0 saturated carbocycles. The third-order valence-corrected chi connectivity index (χ3v) is 5.12. The van der Waals surface area contributed by atoms with Gasteiger partial charge in [0, 0.05) is 44.5 Å². The average Bonchev–Trinajstić information content (AvgIpc) is 3.13. The summed E-state index contributed by atoms with van der Waals surface area (Å²) in [7, 11) is 3.68. The molecular weight excluding hydrogens is 354 g/mol. The maximum absolute atomic E-state index is 5.90. The number of aromatic nitrogens is 4. The van der Waals surface area contributed by atoms with Gasteiger partial charge in [-0.3, -0.25) is 9.88 Å². The molecule has 1 saturated heterocycles. The number of hydrogen-bond donors (Lipinski definition) is 0. The van der Waals surface area contributed by atoms with Crippen LogP contribution >= 0.6 is 0 Å². The molecule has 0 radical (unpaired) electrons. The summed E-state index contributed by atoms with van der Waals surface area (Å²) in [6, 6.07) is 7.49. The van der Waals surface area contributed by atoms with Crippen molar-refractivity contribution in [2.75, 3.05) is 20.2 Å². The van der Waals surface area contributed by atoms with E-state index < -0.39 is 0 Å². The summed E-state index contributed by atoms with van der Waals surface area (Å²) >= 11 is 0. The van der Waals surface area contributed by atoms with Gasteiger partial charge in [-0.2, -0.15) is 0 Å². The smallest absolute Gasteiger partial charge is 0.238 e. The molecule has 0 aliphatic carbocycles. The Labute approximate surface area is 165 Å². The van der Waals surface area contributed by atoms with Crippen LogP contribution in [0, 0.1) is 0 Å². The van der Waals surface area contributed by atoms with Gasteiger partial charge >= 0.3 is 0 Å². The maximum Gasteiger partial charge on any atom is 0.238 e. The first-order valence-electron chi connectivity index (χ1n) is 9.52. The van der Waals surface area contributed by atoms with E-state index in [2.05, 4.69) is 19.4 Å². The van der Waals surface area contributed by atoms with Crippen molar-refractivity contribution < 1.29 is 9.47 Å². The van der Waals surface area contributed by atoms with Crippen molar-refractivity contribution in [1.82, 2.24) is 24.4 Å².